The number of rotatable bonds is 8. The Morgan fingerprint density at radius 2 is 2.14 bits per heavy atom. The molecule has 0 aliphatic rings. The van der Waals surface area contributed by atoms with E-state index in [-0.39, 0.29) is 11.8 Å². The van der Waals surface area contributed by atoms with E-state index in [1.54, 1.807) is 26.0 Å². The van der Waals surface area contributed by atoms with E-state index >= 15 is 0 Å². The van der Waals surface area contributed by atoms with Gasteiger partial charge in [-0.25, -0.2) is 0 Å². The molecule has 0 amide bonds. The summed E-state index contributed by atoms with van der Waals surface area (Å²) in [5.74, 6) is -0.875. The van der Waals surface area contributed by atoms with Crippen molar-refractivity contribution in [3.05, 3.63) is 29.8 Å². The third kappa shape index (κ3) is 4.97. The zero-order valence-corrected chi connectivity index (χ0v) is 12.4. The number of halogens is 2. The van der Waals surface area contributed by atoms with E-state index in [4.69, 9.17) is 0 Å². The van der Waals surface area contributed by atoms with Gasteiger partial charge in [0.25, 0.3) is 0 Å². The van der Waals surface area contributed by atoms with Crippen molar-refractivity contribution in [3.8, 4) is 5.75 Å². The lowest BCUT2D eigenvalue weighted by molar-refractivity contribution is -0.144. The molecule has 2 atom stereocenters. The van der Waals surface area contributed by atoms with Crippen LogP contribution in [0.5, 0.6) is 5.75 Å². The Balaban J connectivity index is 2.87. The van der Waals surface area contributed by atoms with Crippen molar-refractivity contribution in [1.29, 1.82) is 0 Å². The molecule has 0 fully saturated rings. The fourth-order valence-electron chi connectivity index (χ4n) is 2.26. The number of hydrogen-bond donors (Lipinski definition) is 2. The molecule has 0 aliphatic carbocycles. The molecule has 4 nitrogen and oxygen atoms in total. The zero-order chi connectivity index (χ0) is 16.0. The van der Waals surface area contributed by atoms with Crippen LogP contribution in [0.15, 0.2) is 24.3 Å². The monoisotopic (exact) mass is 301 g/mol. The number of carboxylic acid groups (broad SMARTS) is 1. The van der Waals surface area contributed by atoms with E-state index < -0.39 is 18.1 Å². The maximum absolute atomic E-state index is 12.2. The lowest BCUT2D eigenvalue weighted by Gasteiger charge is -2.30. The molecule has 0 bridgehead atoms. The van der Waals surface area contributed by atoms with E-state index in [0.29, 0.717) is 12.0 Å². The Bertz CT molecular complexity index is 482. The van der Waals surface area contributed by atoms with Crippen LogP contribution in [-0.2, 0) is 4.79 Å². The maximum atomic E-state index is 12.2. The Morgan fingerprint density at radius 3 is 2.67 bits per heavy atom. The van der Waals surface area contributed by atoms with Gasteiger partial charge < -0.3 is 9.84 Å². The molecule has 0 aromatic heterocycles. The number of carbonyl (C=O) groups is 1. The van der Waals surface area contributed by atoms with Crippen LogP contribution in [0.2, 0.25) is 0 Å². The van der Waals surface area contributed by atoms with E-state index in [0.717, 1.165) is 6.42 Å². The molecule has 0 heterocycles. The van der Waals surface area contributed by atoms with Gasteiger partial charge in [0.1, 0.15) is 11.3 Å². The summed E-state index contributed by atoms with van der Waals surface area (Å²) in [6.45, 7) is 2.44. The van der Waals surface area contributed by atoms with Crippen LogP contribution in [0.3, 0.4) is 0 Å². The van der Waals surface area contributed by atoms with Crippen LogP contribution < -0.4 is 10.1 Å². The van der Waals surface area contributed by atoms with Gasteiger partial charge in [0.15, 0.2) is 0 Å². The van der Waals surface area contributed by atoms with Gasteiger partial charge in [0.05, 0.1) is 0 Å². The van der Waals surface area contributed by atoms with Crippen molar-refractivity contribution in [3.63, 3.8) is 0 Å². The van der Waals surface area contributed by atoms with Crippen molar-refractivity contribution in [2.24, 2.45) is 0 Å². The fourth-order valence-corrected chi connectivity index (χ4v) is 2.26. The summed E-state index contributed by atoms with van der Waals surface area (Å²) < 4.78 is 28.8. The summed E-state index contributed by atoms with van der Waals surface area (Å²) in [5, 5.41) is 12.4. The van der Waals surface area contributed by atoms with Crippen LogP contribution >= 0.6 is 0 Å². The van der Waals surface area contributed by atoms with E-state index in [1.165, 1.54) is 12.1 Å². The van der Waals surface area contributed by atoms with Crippen LogP contribution in [-0.4, -0.2) is 23.2 Å². The molecule has 0 saturated carbocycles. The molecule has 2 N–H and O–H groups in total. The summed E-state index contributed by atoms with van der Waals surface area (Å²) in [4.78, 5) is 11.4. The molecular weight excluding hydrogens is 280 g/mol. The average Bonchev–Trinajstić information content (AvgIpc) is 2.38. The standard InChI is InChI=1S/C15H21F2NO3/c1-4-8-15(3,13(19)20)18-10(2)11-6-5-7-12(9-11)21-14(16)17/h5-7,9-10,14,18H,4,8H2,1-3H3,(H,19,20). The molecular formula is C15H21F2NO3. The molecule has 6 heteroatoms. The minimum Gasteiger partial charge on any atom is -0.480 e. The number of benzene rings is 1. The topological polar surface area (TPSA) is 58.6 Å². The van der Waals surface area contributed by atoms with Crippen LogP contribution in [0.4, 0.5) is 8.78 Å². The molecule has 0 saturated heterocycles. The van der Waals surface area contributed by atoms with Crippen molar-refractivity contribution >= 4 is 5.97 Å². The quantitative estimate of drug-likeness (QED) is 0.770. The Kier molecular flexibility index (Phi) is 6.08. The van der Waals surface area contributed by atoms with Crippen molar-refractivity contribution in [2.45, 2.75) is 51.8 Å². The predicted molar refractivity (Wildman–Crippen MR) is 75.6 cm³/mol. The van der Waals surface area contributed by atoms with Gasteiger partial charge in [-0.05, 0) is 38.0 Å². The first-order valence-corrected chi connectivity index (χ1v) is 6.84. The molecule has 118 valence electrons. The highest BCUT2D eigenvalue weighted by molar-refractivity contribution is 5.78. The van der Waals surface area contributed by atoms with Gasteiger partial charge >= 0.3 is 12.6 Å². The lowest BCUT2D eigenvalue weighted by Crippen LogP contribution is -2.50. The molecule has 21 heavy (non-hydrogen) atoms. The number of alkyl halides is 2. The van der Waals surface area contributed by atoms with Gasteiger partial charge in [-0.1, -0.05) is 25.5 Å². The summed E-state index contributed by atoms with van der Waals surface area (Å²) in [6.07, 6.45) is 1.19. The molecule has 1 aromatic carbocycles. The van der Waals surface area contributed by atoms with Crippen molar-refractivity contribution < 1.29 is 23.4 Å². The zero-order valence-electron chi connectivity index (χ0n) is 12.4. The predicted octanol–water partition coefficient (Wildman–Crippen LogP) is 3.58. The van der Waals surface area contributed by atoms with Gasteiger partial charge in [-0.15, -0.1) is 0 Å². The minimum atomic E-state index is -2.88. The van der Waals surface area contributed by atoms with Crippen LogP contribution in [0, 0.1) is 0 Å². The van der Waals surface area contributed by atoms with E-state index in [1.807, 2.05) is 6.92 Å². The minimum absolute atomic E-state index is 0.0590. The van der Waals surface area contributed by atoms with Crippen LogP contribution in [0.25, 0.3) is 0 Å². The van der Waals surface area contributed by atoms with Gasteiger partial charge in [0.2, 0.25) is 0 Å². The first-order chi connectivity index (χ1) is 9.78. The molecule has 0 spiro atoms. The summed E-state index contributed by atoms with van der Waals surface area (Å²) in [7, 11) is 0. The Morgan fingerprint density at radius 1 is 1.48 bits per heavy atom. The Hall–Kier alpha value is -1.69. The second-order valence-electron chi connectivity index (χ2n) is 5.20. The third-order valence-corrected chi connectivity index (χ3v) is 3.34. The number of hydrogen-bond acceptors (Lipinski definition) is 3. The summed E-state index contributed by atoms with van der Waals surface area (Å²) in [6, 6.07) is 5.95. The summed E-state index contributed by atoms with van der Waals surface area (Å²) >= 11 is 0. The smallest absolute Gasteiger partial charge is 0.387 e. The summed E-state index contributed by atoms with van der Waals surface area (Å²) in [5.41, 5.74) is -0.370. The number of carboxylic acids is 1. The van der Waals surface area contributed by atoms with Gasteiger partial charge in [0, 0.05) is 6.04 Å². The first kappa shape index (κ1) is 17.4. The molecule has 2 unspecified atom stereocenters. The largest absolute Gasteiger partial charge is 0.480 e. The normalized spacial score (nSPS) is 15.5. The third-order valence-electron chi connectivity index (χ3n) is 3.34. The maximum Gasteiger partial charge on any atom is 0.387 e. The van der Waals surface area contributed by atoms with Gasteiger partial charge in [-0.3, -0.25) is 10.1 Å². The lowest BCUT2D eigenvalue weighted by atomic mass is 9.94. The first-order valence-electron chi connectivity index (χ1n) is 6.84. The highest BCUT2D eigenvalue weighted by Gasteiger charge is 2.33. The molecule has 0 radical (unpaired) electrons. The number of nitrogens with one attached hydrogen (secondary N) is 1. The van der Waals surface area contributed by atoms with Gasteiger partial charge in [-0.2, -0.15) is 8.78 Å². The number of ether oxygens (including phenoxy) is 1. The van der Waals surface area contributed by atoms with Crippen molar-refractivity contribution in [1.82, 2.24) is 5.32 Å². The highest BCUT2D eigenvalue weighted by Crippen LogP contribution is 2.24. The van der Waals surface area contributed by atoms with E-state index in [2.05, 4.69) is 10.1 Å². The van der Waals surface area contributed by atoms with Crippen LogP contribution in [0.1, 0.15) is 45.2 Å². The molecule has 0 aliphatic heterocycles. The fraction of sp³-hybridized carbons (Fsp3) is 0.533. The molecule has 1 aromatic rings. The SMILES string of the molecule is CCCC(C)(NC(C)c1cccc(OC(F)F)c1)C(=O)O. The van der Waals surface area contributed by atoms with E-state index in [9.17, 15) is 18.7 Å². The average molecular weight is 301 g/mol. The Labute approximate surface area is 123 Å². The highest BCUT2D eigenvalue weighted by atomic mass is 19.3. The number of aliphatic carboxylic acids is 1. The molecule has 1 rings (SSSR count). The second kappa shape index (κ2) is 7.36. The van der Waals surface area contributed by atoms with Crippen molar-refractivity contribution in [2.75, 3.05) is 0 Å². The second-order valence-corrected chi connectivity index (χ2v) is 5.20.